The van der Waals surface area contributed by atoms with Crippen molar-refractivity contribution in [3.05, 3.63) is 0 Å². The van der Waals surface area contributed by atoms with Crippen LogP contribution in [0.1, 0.15) is 12.8 Å². The van der Waals surface area contributed by atoms with Crippen LogP contribution in [-0.4, -0.2) is 38.1 Å². The van der Waals surface area contributed by atoms with Gasteiger partial charge in [0.1, 0.15) is 0 Å². The second kappa shape index (κ2) is 3.32. The number of hydrogen-bond acceptors (Lipinski definition) is 3. The van der Waals surface area contributed by atoms with E-state index >= 15 is 0 Å². The first-order valence-electron chi connectivity index (χ1n) is 4.31. The molecular formula is C8H14N2O. The van der Waals surface area contributed by atoms with Gasteiger partial charge in [0, 0.05) is 12.8 Å². The minimum absolute atomic E-state index is 0.302. The average molecular weight is 154 g/mol. The van der Waals surface area contributed by atoms with Crippen molar-refractivity contribution in [3.63, 3.8) is 0 Å². The minimum Gasteiger partial charge on any atom is -0.366 e. The minimum atomic E-state index is 0.302. The van der Waals surface area contributed by atoms with Crippen LogP contribution in [-0.2, 0) is 4.74 Å². The van der Waals surface area contributed by atoms with Gasteiger partial charge in [-0.3, -0.25) is 4.99 Å². The van der Waals surface area contributed by atoms with E-state index in [1.807, 2.05) is 6.21 Å². The molecule has 0 spiro atoms. The summed E-state index contributed by atoms with van der Waals surface area (Å²) >= 11 is 0. The summed E-state index contributed by atoms with van der Waals surface area (Å²) in [6.45, 7) is 2.93. The molecule has 2 aliphatic rings. The molecule has 0 unspecified atom stereocenters. The molecule has 0 amide bonds. The fourth-order valence-electron chi connectivity index (χ4n) is 1.57. The molecule has 11 heavy (non-hydrogen) atoms. The van der Waals surface area contributed by atoms with Gasteiger partial charge in [0.25, 0.3) is 0 Å². The third kappa shape index (κ3) is 1.79. The molecule has 2 rings (SSSR count). The standard InChI is InChI=1S/C8H14N2O/c1-2-7-4-10-6-8(11-7)5-9-3-1/h4,7-9H,1-3,5-6H2/t7-,8+/m0/s1. The molecule has 1 N–H and O–H groups in total. The van der Waals surface area contributed by atoms with Gasteiger partial charge in [-0.1, -0.05) is 0 Å². The summed E-state index contributed by atoms with van der Waals surface area (Å²) < 4.78 is 5.72. The van der Waals surface area contributed by atoms with Crippen LogP contribution in [0.15, 0.2) is 4.99 Å². The molecule has 1 fully saturated rings. The Morgan fingerprint density at radius 1 is 1.55 bits per heavy atom. The van der Waals surface area contributed by atoms with Crippen molar-refractivity contribution >= 4 is 6.21 Å². The van der Waals surface area contributed by atoms with Gasteiger partial charge in [0.15, 0.2) is 0 Å². The summed E-state index contributed by atoms with van der Waals surface area (Å²) in [6.07, 6.45) is 4.90. The maximum absolute atomic E-state index is 5.72. The van der Waals surface area contributed by atoms with Crippen molar-refractivity contribution in [1.29, 1.82) is 0 Å². The van der Waals surface area contributed by atoms with Crippen molar-refractivity contribution in [2.75, 3.05) is 19.6 Å². The zero-order chi connectivity index (χ0) is 7.52. The molecule has 62 valence electrons. The van der Waals surface area contributed by atoms with E-state index in [1.54, 1.807) is 0 Å². The third-order valence-corrected chi connectivity index (χ3v) is 2.16. The summed E-state index contributed by atoms with van der Waals surface area (Å²) in [7, 11) is 0. The Balaban J connectivity index is 1.99. The lowest BCUT2D eigenvalue weighted by molar-refractivity contribution is 0.0123. The second-order valence-corrected chi connectivity index (χ2v) is 3.16. The smallest absolute Gasteiger partial charge is 0.0927 e. The lowest BCUT2D eigenvalue weighted by Gasteiger charge is -2.28. The van der Waals surface area contributed by atoms with Crippen molar-refractivity contribution in [3.8, 4) is 0 Å². The second-order valence-electron chi connectivity index (χ2n) is 3.16. The molecular weight excluding hydrogens is 140 g/mol. The van der Waals surface area contributed by atoms with E-state index in [0.717, 1.165) is 26.1 Å². The van der Waals surface area contributed by atoms with Crippen LogP contribution in [0.3, 0.4) is 0 Å². The van der Waals surface area contributed by atoms with Gasteiger partial charge in [-0.15, -0.1) is 0 Å². The van der Waals surface area contributed by atoms with Crippen molar-refractivity contribution in [2.45, 2.75) is 25.0 Å². The van der Waals surface area contributed by atoms with E-state index in [9.17, 15) is 0 Å². The topological polar surface area (TPSA) is 33.6 Å². The van der Waals surface area contributed by atoms with E-state index in [4.69, 9.17) is 4.74 Å². The monoisotopic (exact) mass is 154 g/mol. The molecule has 2 aliphatic heterocycles. The summed E-state index contributed by atoms with van der Waals surface area (Å²) in [5.74, 6) is 0. The van der Waals surface area contributed by atoms with Gasteiger partial charge in [0.2, 0.25) is 0 Å². The molecule has 0 aromatic heterocycles. The fourth-order valence-corrected chi connectivity index (χ4v) is 1.57. The molecule has 3 heteroatoms. The van der Waals surface area contributed by atoms with Gasteiger partial charge >= 0.3 is 0 Å². The maximum Gasteiger partial charge on any atom is 0.0927 e. The molecule has 3 nitrogen and oxygen atoms in total. The molecule has 2 atom stereocenters. The van der Waals surface area contributed by atoms with E-state index in [-0.39, 0.29) is 0 Å². The Bertz CT molecular complexity index is 158. The maximum atomic E-state index is 5.72. The number of nitrogens with zero attached hydrogens (tertiary/aromatic N) is 1. The van der Waals surface area contributed by atoms with Crippen LogP contribution in [0.5, 0.6) is 0 Å². The molecule has 0 saturated carbocycles. The van der Waals surface area contributed by atoms with Gasteiger partial charge in [0.05, 0.1) is 18.8 Å². The van der Waals surface area contributed by atoms with E-state index < -0.39 is 0 Å². The first-order valence-corrected chi connectivity index (χ1v) is 4.31. The Hall–Kier alpha value is -0.410. The summed E-state index contributed by atoms with van der Waals surface area (Å²) in [4.78, 5) is 4.27. The normalized spacial score (nSPS) is 37.8. The number of hydrogen-bond donors (Lipinski definition) is 1. The van der Waals surface area contributed by atoms with Crippen molar-refractivity contribution in [1.82, 2.24) is 5.32 Å². The van der Waals surface area contributed by atoms with Crippen molar-refractivity contribution < 1.29 is 4.74 Å². The largest absolute Gasteiger partial charge is 0.366 e. The summed E-state index contributed by atoms with van der Waals surface area (Å²) in [5.41, 5.74) is 0. The molecule has 2 heterocycles. The Morgan fingerprint density at radius 2 is 2.55 bits per heavy atom. The number of rotatable bonds is 0. The predicted molar refractivity (Wildman–Crippen MR) is 44.1 cm³/mol. The first kappa shape index (κ1) is 7.25. The van der Waals surface area contributed by atoms with Crippen LogP contribution in [0, 0.1) is 0 Å². The Labute approximate surface area is 66.8 Å². The third-order valence-electron chi connectivity index (χ3n) is 2.16. The number of fused-ring (bicyclic) bond motifs is 2. The van der Waals surface area contributed by atoms with Gasteiger partial charge < -0.3 is 10.1 Å². The summed E-state index contributed by atoms with van der Waals surface area (Å²) in [6, 6.07) is 0. The highest BCUT2D eigenvalue weighted by atomic mass is 16.5. The zero-order valence-electron chi connectivity index (χ0n) is 6.62. The number of nitrogens with one attached hydrogen (secondary N) is 1. The van der Waals surface area contributed by atoms with E-state index in [2.05, 4.69) is 10.3 Å². The molecule has 0 radical (unpaired) electrons. The highest BCUT2D eigenvalue weighted by molar-refractivity contribution is 5.63. The van der Waals surface area contributed by atoms with Crippen LogP contribution >= 0.6 is 0 Å². The Morgan fingerprint density at radius 3 is 3.55 bits per heavy atom. The van der Waals surface area contributed by atoms with Gasteiger partial charge in [-0.25, -0.2) is 0 Å². The van der Waals surface area contributed by atoms with Crippen LogP contribution < -0.4 is 5.32 Å². The SMILES string of the molecule is C1=NC[C@H]2CNCCC[C@@H]1O2. The number of aliphatic imine (C=N–C) groups is 1. The molecule has 0 aromatic carbocycles. The Kier molecular flexibility index (Phi) is 2.19. The quantitative estimate of drug-likeness (QED) is 0.541. The van der Waals surface area contributed by atoms with Crippen LogP contribution in [0.2, 0.25) is 0 Å². The molecule has 2 bridgehead atoms. The molecule has 1 saturated heterocycles. The first-order chi connectivity index (χ1) is 5.45. The van der Waals surface area contributed by atoms with Crippen LogP contribution in [0.25, 0.3) is 0 Å². The molecule has 0 aromatic rings. The highest BCUT2D eigenvalue weighted by Crippen LogP contribution is 2.10. The van der Waals surface area contributed by atoms with Crippen molar-refractivity contribution in [2.24, 2.45) is 4.99 Å². The van der Waals surface area contributed by atoms with Crippen LogP contribution in [0.4, 0.5) is 0 Å². The van der Waals surface area contributed by atoms with Gasteiger partial charge in [-0.05, 0) is 19.4 Å². The summed E-state index contributed by atoms with van der Waals surface area (Å²) in [5, 5.41) is 3.34. The van der Waals surface area contributed by atoms with E-state index in [1.165, 1.54) is 6.42 Å². The predicted octanol–water partition coefficient (Wildman–Crippen LogP) is 0.208. The highest BCUT2D eigenvalue weighted by Gasteiger charge is 2.20. The van der Waals surface area contributed by atoms with E-state index in [0.29, 0.717) is 12.2 Å². The number of ether oxygens (including phenoxy) is 1. The average Bonchev–Trinajstić information content (AvgIpc) is 2.02. The molecule has 0 aliphatic carbocycles. The van der Waals surface area contributed by atoms with Gasteiger partial charge in [-0.2, -0.15) is 0 Å². The fraction of sp³-hybridized carbons (Fsp3) is 0.875. The zero-order valence-corrected chi connectivity index (χ0v) is 6.62. The lowest BCUT2D eigenvalue weighted by atomic mass is 10.1. The lowest BCUT2D eigenvalue weighted by Crippen LogP contribution is -2.40.